The molecule has 1 saturated heterocycles. The zero-order valence-corrected chi connectivity index (χ0v) is 18.4. The second-order valence-corrected chi connectivity index (χ2v) is 7.04. The van der Waals surface area contributed by atoms with Crippen molar-refractivity contribution in [2.75, 3.05) is 45.7 Å². The van der Waals surface area contributed by atoms with E-state index in [1.54, 1.807) is 11.3 Å². The van der Waals surface area contributed by atoms with E-state index in [9.17, 15) is 0 Å². The first-order valence-electron chi connectivity index (χ1n) is 8.43. The Balaban J connectivity index is 0.00000288. The summed E-state index contributed by atoms with van der Waals surface area (Å²) in [5.74, 6) is 0.873. The van der Waals surface area contributed by atoms with E-state index in [1.165, 1.54) is 38.9 Å². The van der Waals surface area contributed by atoms with Crippen molar-refractivity contribution in [2.24, 2.45) is 4.99 Å². The Morgan fingerprint density at radius 3 is 2.67 bits per heavy atom. The molecule has 1 aromatic heterocycles. The summed E-state index contributed by atoms with van der Waals surface area (Å²) >= 11 is 1.67. The van der Waals surface area contributed by atoms with E-state index in [-0.39, 0.29) is 24.0 Å². The van der Waals surface area contributed by atoms with Gasteiger partial charge in [0.05, 0.1) is 12.2 Å². The van der Waals surface area contributed by atoms with E-state index in [0.717, 1.165) is 16.8 Å². The molecule has 0 atom stereocenters. The molecule has 138 valence electrons. The van der Waals surface area contributed by atoms with Crippen LogP contribution in [-0.2, 0) is 6.54 Å². The van der Waals surface area contributed by atoms with Crippen molar-refractivity contribution in [3.63, 3.8) is 0 Å². The first-order chi connectivity index (χ1) is 11.1. The van der Waals surface area contributed by atoms with Gasteiger partial charge >= 0.3 is 0 Å². The second kappa shape index (κ2) is 11.1. The number of guanidine groups is 1. The number of aliphatic imine (C=N–C) groups is 1. The standard InChI is InChI=1S/C16H30N6S.HI/c1-5-8-22-9-6-13(7-10-22)19-15(17-2)18-11-14-12-23-16(20-14)21(3)4;/h12-13H,5-11H2,1-4H3,(H2,17,18,19);1H. The van der Waals surface area contributed by atoms with Crippen LogP contribution < -0.4 is 15.5 Å². The third-order valence-electron chi connectivity index (χ3n) is 4.05. The third-order valence-corrected chi connectivity index (χ3v) is 5.11. The molecule has 0 bridgehead atoms. The molecule has 1 fully saturated rings. The highest BCUT2D eigenvalue weighted by Gasteiger charge is 2.19. The van der Waals surface area contributed by atoms with Crippen molar-refractivity contribution in [1.29, 1.82) is 0 Å². The molecule has 2 heterocycles. The van der Waals surface area contributed by atoms with Gasteiger partial charge in [-0.15, -0.1) is 35.3 Å². The molecule has 0 spiro atoms. The van der Waals surface area contributed by atoms with Crippen LogP contribution in [0.2, 0.25) is 0 Å². The summed E-state index contributed by atoms with van der Waals surface area (Å²) in [4.78, 5) is 13.5. The van der Waals surface area contributed by atoms with Crippen LogP contribution in [0.15, 0.2) is 10.4 Å². The van der Waals surface area contributed by atoms with Crippen LogP contribution in [0.25, 0.3) is 0 Å². The van der Waals surface area contributed by atoms with E-state index in [1.807, 2.05) is 26.0 Å². The summed E-state index contributed by atoms with van der Waals surface area (Å²) in [6, 6.07) is 0.516. The molecule has 0 radical (unpaired) electrons. The minimum Gasteiger partial charge on any atom is -0.354 e. The molecule has 0 aliphatic carbocycles. The van der Waals surface area contributed by atoms with Gasteiger partial charge in [-0.25, -0.2) is 4.98 Å². The predicted molar refractivity (Wildman–Crippen MR) is 115 cm³/mol. The fourth-order valence-electron chi connectivity index (χ4n) is 2.76. The first kappa shape index (κ1) is 21.4. The monoisotopic (exact) mass is 466 g/mol. The van der Waals surface area contributed by atoms with Gasteiger partial charge in [0.25, 0.3) is 0 Å². The molecule has 0 amide bonds. The molecule has 2 N–H and O–H groups in total. The van der Waals surface area contributed by atoms with Crippen molar-refractivity contribution >= 4 is 46.4 Å². The number of aromatic nitrogens is 1. The molecule has 0 unspecified atom stereocenters. The second-order valence-electron chi connectivity index (χ2n) is 6.20. The Bertz CT molecular complexity index is 497. The molecule has 2 rings (SSSR count). The normalized spacial score (nSPS) is 16.6. The van der Waals surface area contributed by atoms with Crippen molar-refractivity contribution in [3.8, 4) is 0 Å². The number of piperidine rings is 1. The Kier molecular flexibility index (Phi) is 9.91. The SMILES string of the molecule is CCCN1CCC(NC(=NC)NCc2csc(N(C)C)n2)CC1.I. The number of nitrogens with one attached hydrogen (secondary N) is 2. The smallest absolute Gasteiger partial charge is 0.191 e. The number of likely N-dealkylation sites (tertiary alicyclic amines) is 1. The van der Waals surface area contributed by atoms with Gasteiger partial charge in [0, 0.05) is 45.7 Å². The van der Waals surface area contributed by atoms with E-state index in [0.29, 0.717) is 12.6 Å². The zero-order valence-electron chi connectivity index (χ0n) is 15.2. The van der Waals surface area contributed by atoms with Gasteiger partial charge in [-0.05, 0) is 25.8 Å². The summed E-state index contributed by atoms with van der Waals surface area (Å²) in [5.41, 5.74) is 1.06. The molecule has 1 aliphatic heterocycles. The molecule has 0 saturated carbocycles. The minimum atomic E-state index is 0. The number of thiazole rings is 1. The average Bonchev–Trinajstić information content (AvgIpc) is 3.02. The lowest BCUT2D eigenvalue weighted by Crippen LogP contribution is -2.48. The summed E-state index contributed by atoms with van der Waals surface area (Å²) in [5, 5.41) is 10.0. The molecule has 1 aromatic rings. The number of anilines is 1. The van der Waals surface area contributed by atoms with Gasteiger partial charge < -0.3 is 20.4 Å². The highest BCUT2D eigenvalue weighted by Crippen LogP contribution is 2.17. The van der Waals surface area contributed by atoms with E-state index >= 15 is 0 Å². The average molecular weight is 466 g/mol. The van der Waals surface area contributed by atoms with Crippen LogP contribution in [-0.4, -0.2) is 62.7 Å². The molecule has 24 heavy (non-hydrogen) atoms. The fourth-order valence-corrected chi connectivity index (χ4v) is 3.52. The fraction of sp³-hybridized carbons (Fsp3) is 0.750. The predicted octanol–water partition coefficient (Wildman–Crippen LogP) is 2.37. The van der Waals surface area contributed by atoms with Crippen molar-refractivity contribution in [2.45, 2.75) is 38.8 Å². The molecular weight excluding hydrogens is 435 g/mol. The number of hydrogen-bond acceptors (Lipinski definition) is 5. The maximum absolute atomic E-state index is 4.59. The summed E-state index contributed by atoms with van der Waals surface area (Å²) in [7, 11) is 5.86. The summed E-state index contributed by atoms with van der Waals surface area (Å²) < 4.78 is 0. The first-order valence-corrected chi connectivity index (χ1v) is 9.31. The van der Waals surface area contributed by atoms with Crippen LogP contribution in [0.5, 0.6) is 0 Å². The molecular formula is C16H31IN6S. The topological polar surface area (TPSA) is 55.8 Å². The Morgan fingerprint density at radius 1 is 1.42 bits per heavy atom. The van der Waals surface area contributed by atoms with Gasteiger partial charge in [0.15, 0.2) is 11.1 Å². The van der Waals surface area contributed by atoms with Gasteiger partial charge in [-0.1, -0.05) is 6.92 Å². The van der Waals surface area contributed by atoms with Crippen LogP contribution in [0.4, 0.5) is 5.13 Å². The number of hydrogen-bond donors (Lipinski definition) is 2. The Morgan fingerprint density at radius 2 is 2.12 bits per heavy atom. The van der Waals surface area contributed by atoms with E-state index < -0.39 is 0 Å². The van der Waals surface area contributed by atoms with Gasteiger partial charge in [0.2, 0.25) is 0 Å². The van der Waals surface area contributed by atoms with Gasteiger partial charge in [-0.3, -0.25) is 4.99 Å². The lowest BCUT2D eigenvalue weighted by Gasteiger charge is -2.32. The molecule has 1 aliphatic rings. The Hall–Kier alpha value is -0.610. The van der Waals surface area contributed by atoms with Crippen LogP contribution in [0, 0.1) is 0 Å². The maximum Gasteiger partial charge on any atom is 0.191 e. The quantitative estimate of drug-likeness (QED) is 0.383. The molecule has 0 aromatic carbocycles. The van der Waals surface area contributed by atoms with Gasteiger partial charge in [-0.2, -0.15) is 0 Å². The molecule has 8 heteroatoms. The molecule has 6 nitrogen and oxygen atoms in total. The summed E-state index contributed by atoms with van der Waals surface area (Å²) in [6.45, 7) is 6.54. The lowest BCUT2D eigenvalue weighted by molar-refractivity contribution is 0.206. The van der Waals surface area contributed by atoms with Crippen molar-refractivity contribution in [1.82, 2.24) is 20.5 Å². The van der Waals surface area contributed by atoms with Crippen molar-refractivity contribution < 1.29 is 0 Å². The van der Waals surface area contributed by atoms with Crippen LogP contribution >= 0.6 is 35.3 Å². The summed E-state index contributed by atoms with van der Waals surface area (Å²) in [6.07, 6.45) is 3.61. The zero-order chi connectivity index (χ0) is 16.7. The van der Waals surface area contributed by atoms with E-state index in [2.05, 4.69) is 37.8 Å². The minimum absolute atomic E-state index is 0. The number of rotatable bonds is 6. The Labute approximate surface area is 167 Å². The highest BCUT2D eigenvalue weighted by molar-refractivity contribution is 14.0. The van der Waals surface area contributed by atoms with Crippen LogP contribution in [0.1, 0.15) is 31.9 Å². The number of halogens is 1. The van der Waals surface area contributed by atoms with E-state index in [4.69, 9.17) is 0 Å². The third kappa shape index (κ3) is 6.72. The highest BCUT2D eigenvalue weighted by atomic mass is 127. The lowest BCUT2D eigenvalue weighted by atomic mass is 10.1. The largest absolute Gasteiger partial charge is 0.354 e. The van der Waals surface area contributed by atoms with Crippen molar-refractivity contribution in [3.05, 3.63) is 11.1 Å². The van der Waals surface area contributed by atoms with Gasteiger partial charge in [0.1, 0.15) is 0 Å². The maximum atomic E-state index is 4.59. The number of nitrogens with zero attached hydrogens (tertiary/aromatic N) is 4. The van der Waals surface area contributed by atoms with Crippen LogP contribution in [0.3, 0.4) is 0 Å².